The maximum absolute atomic E-state index is 13.4. The van der Waals surface area contributed by atoms with E-state index in [-0.39, 0.29) is 23.9 Å². The second-order valence-electron chi connectivity index (χ2n) is 8.57. The Morgan fingerprint density at radius 2 is 1.91 bits per heavy atom. The summed E-state index contributed by atoms with van der Waals surface area (Å²) in [5, 5.41) is 9.50. The van der Waals surface area contributed by atoms with E-state index in [9.17, 15) is 19.1 Å². The molecule has 1 saturated carbocycles. The number of amides is 1. The molecule has 0 atom stereocenters. The summed E-state index contributed by atoms with van der Waals surface area (Å²) in [6.45, 7) is -0.0322. The van der Waals surface area contributed by atoms with Crippen molar-refractivity contribution in [3.05, 3.63) is 64.7 Å². The molecule has 1 N–H and O–H groups in total. The Labute approximate surface area is 197 Å². The predicted octanol–water partition coefficient (Wildman–Crippen LogP) is 5.38. The number of imidazole rings is 1. The number of aliphatic carboxylic acids is 1. The number of hydrogen-bond acceptors (Lipinski definition) is 3. The number of aromatic nitrogens is 2. The lowest BCUT2D eigenvalue weighted by molar-refractivity contribution is -0.145. The Balaban J connectivity index is 1.55. The van der Waals surface area contributed by atoms with Crippen molar-refractivity contribution in [2.75, 3.05) is 6.54 Å². The monoisotopic (exact) mass is 471 g/mol. The minimum atomic E-state index is -1.11. The van der Waals surface area contributed by atoms with Crippen LogP contribution >= 0.6 is 11.6 Å². The summed E-state index contributed by atoms with van der Waals surface area (Å²) in [6, 6.07) is 11.8. The molecule has 0 saturated heterocycles. The first-order chi connectivity index (χ1) is 15.9. The van der Waals surface area contributed by atoms with Crippen LogP contribution in [0.1, 0.15) is 55.8 Å². The third kappa shape index (κ3) is 5.53. The highest BCUT2D eigenvalue weighted by atomic mass is 35.5. The summed E-state index contributed by atoms with van der Waals surface area (Å²) < 4.78 is 15.5. The number of carboxylic acids is 1. The van der Waals surface area contributed by atoms with Crippen LogP contribution in [0.2, 0.25) is 5.02 Å². The SMILES string of the molecule is O=C(O)CN(Cc1ccc(F)cc1Cl)C(=O)CCn1c(C2CCCCC2)nc2ccccc21. The molecule has 0 aliphatic heterocycles. The molecule has 3 aromatic rings. The van der Waals surface area contributed by atoms with Crippen LogP contribution in [0.3, 0.4) is 0 Å². The van der Waals surface area contributed by atoms with Crippen LogP contribution < -0.4 is 0 Å². The van der Waals surface area contributed by atoms with Gasteiger partial charge in [0.25, 0.3) is 0 Å². The molecule has 174 valence electrons. The normalized spacial score (nSPS) is 14.5. The van der Waals surface area contributed by atoms with Gasteiger partial charge in [0.1, 0.15) is 18.2 Å². The fourth-order valence-corrected chi connectivity index (χ4v) is 4.85. The number of hydrogen-bond donors (Lipinski definition) is 1. The van der Waals surface area contributed by atoms with Gasteiger partial charge in [0, 0.05) is 30.5 Å². The summed E-state index contributed by atoms with van der Waals surface area (Å²) in [5.41, 5.74) is 2.40. The number of para-hydroxylation sites is 2. The van der Waals surface area contributed by atoms with Gasteiger partial charge in [0.05, 0.1) is 11.0 Å². The lowest BCUT2D eigenvalue weighted by Crippen LogP contribution is -2.35. The van der Waals surface area contributed by atoms with Gasteiger partial charge < -0.3 is 14.6 Å². The van der Waals surface area contributed by atoms with Crippen LogP contribution in [-0.2, 0) is 22.7 Å². The fraction of sp³-hybridized carbons (Fsp3) is 0.400. The molecule has 1 amide bonds. The van der Waals surface area contributed by atoms with Crippen molar-refractivity contribution in [2.24, 2.45) is 0 Å². The lowest BCUT2D eigenvalue weighted by atomic mass is 9.88. The van der Waals surface area contributed by atoms with Crippen molar-refractivity contribution in [3.8, 4) is 0 Å². The Bertz CT molecular complexity index is 1160. The van der Waals surface area contributed by atoms with Crippen molar-refractivity contribution in [1.82, 2.24) is 14.5 Å². The van der Waals surface area contributed by atoms with Gasteiger partial charge in [0.15, 0.2) is 0 Å². The van der Waals surface area contributed by atoms with Crippen LogP contribution in [0.25, 0.3) is 11.0 Å². The van der Waals surface area contributed by atoms with E-state index in [2.05, 4.69) is 4.57 Å². The molecule has 1 aromatic heterocycles. The summed E-state index contributed by atoms with van der Waals surface area (Å²) in [6.07, 6.45) is 5.91. The second-order valence-corrected chi connectivity index (χ2v) is 8.98. The van der Waals surface area contributed by atoms with Crippen molar-refractivity contribution >= 4 is 34.5 Å². The lowest BCUT2D eigenvalue weighted by Gasteiger charge is -2.24. The number of fused-ring (bicyclic) bond motifs is 1. The predicted molar refractivity (Wildman–Crippen MR) is 125 cm³/mol. The average Bonchev–Trinajstić information content (AvgIpc) is 3.17. The highest BCUT2D eigenvalue weighted by Crippen LogP contribution is 2.34. The number of nitrogens with zero attached hydrogens (tertiary/aromatic N) is 3. The molecule has 33 heavy (non-hydrogen) atoms. The fourth-order valence-electron chi connectivity index (χ4n) is 4.62. The number of halogens is 2. The van der Waals surface area contributed by atoms with Gasteiger partial charge in [-0.15, -0.1) is 0 Å². The highest BCUT2D eigenvalue weighted by molar-refractivity contribution is 6.31. The van der Waals surface area contributed by atoms with Crippen LogP contribution in [0.4, 0.5) is 4.39 Å². The molecule has 6 nitrogen and oxygen atoms in total. The molecular formula is C25H27ClFN3O3. The Kier molecular flexibility index (Phi) is 7.28. The molecule has 0 spiro atoms. The zero-order chi connectivity index (χ0) is 23.4. The number of benzene rings is 2. The standard InChI is InChI=1S/C25H27ClFN3O3/c26-20-14-19(27)11-10-18(20)15-29(16-24(32)33)23(31)12-13-30-22-9-5-4-8-21(22)28-25(30)17-6-2-1-3-7-17/h4-5,8-11,14,17H,1-3,6-7,12-13,15-16H2,(H,32,33). The second kappa shape index (κ2) is 10.3. The Morgan fingerprint density at radius 3 is 2.64 bits per heavy atom. The summed E-state index contributed by atoms with van der Waals surface area (Å²) in [7, 11) is 0. The van der Waals surface area contributed by atoms with Crippen molar-refractivity contribution in [3.63, 3.8) is 0 Å². The largest absolute Gasteiger partial charge is 0.480 e. The Morgan fingerprint density at radius 1 is 1.15 bits per heavy atom. The van der Waals surface area contributed by atoms with E-state index in [4.69, 9.17) is 16.6 Å². The number of aryl methyl sites for hydroxylation is 1. The van der Waals surface area contributed by atoms with Gasteiger partial charge in [0.2, 0.25) is 5.91 Å². The molecule has 4 rings (SSSR count). The van der Waals surface area contributed by atoms with E-state index >= 15 is 0 Å². The Hall–Kier alpha value is -2.93. The number of rotatable bonds is 8. The van der Waals surface area contributed by atoms with Crippen LogP contribution in [-0.4, -0.2) is 38.0 Å². The van der Waals surface area contributed by atoms with E-state index in [1.807, 2.05) is 24.3 Å². The van der Waals surface area contributed by atoms with Crippen molar-refractivity contribution < 1.29 is 19.1 Å². The molecule has 2 aromatic carbocycles. The summed E-state index contributed by atoms with van der Waals surface area (Å²) >= 11 is 6.11. The third-order valence-electron chi connectivity index (χ3n) is 6.26. The van der Waals surface area contributed by atoms with E-state index < -0.39 is 18.3 Å². The van der Waals surface area contributed by atoms with Gasteiger partial charge in [-0.05, 0) is 42.7 Å². The number of carbonyl (C=O) groups is 2. The molecule has 1 aliphatic rings. The highest BCUT2D eigenvalue weighted by Gasteiger charge is 2.24. The molecule has 0 unspecified atom stereocenters. The molecule has 0 bridgehead atoms. The smallest absolute Gasteiger partial charge is 0.323 e. The van der Waals surface area contributed by atoms with Crippen LogP contribution in [0, 0.1) is 5.82 Å². The van der Waals surface area contributed by atoms with E-state index in [1.165, 1.54) is 36.3 Å². The van der Waals surface area contributed by atoms with E-state index in [0.29, 0.717) is 18.0 Å². The first-order valence-corrected chi connectivity index (χ1v) is 11.7. The van der Waals surface area contributed by atoms with E-state index in [0.717, 1.165) is 35.8 Å². The topological polar surface area (TPSA) is 75.4 Å². The minimum absolute atomic E-state index is 0.00437. The van der Waals surface area contributed by atoms with Crippen LogP contribution in [0.5, 0.6) is 0 Å². The maximum atomic E-state index is 13.4. The third-order valence-corrected chi connectivity index (χ3v) is 6.61. The summed E-state index contributed by atoms with van der Waals surface area (Å²) in [5.74, 6) is -0.519. The minimum Gasteiger partial charge on any atom is -0.480 e. The molecule has 1 aliphatic carbocycles. The van der Waals surface area contributed by atoms with Gasteiger partial charge in [-0.25, -0.2) is 9.37 Å². The summed E-state index contributed by atoms with van der Waals surface area (Å²) in [4.78, 5) is 30.6. The van der Waals surface area contributed by atoms with Gasteiger partial charge >= 0.3 is 5.97 Å². The van der Waals surface area contributed by atoms with Crippen molar-refractivity contribution in [2.45, 2.75) is 57.5 Å². The average molecular weight is 472 g/mol. The first-order valence-electron chi connectivity index (χ1n) is 11.3. The van der Waals surface area contributed by atoms with Gasteiger partial charge in [-0.1, -0.05) is 49.1 Å². The molecule has 1 fully saturated rings. The molecule has 1 heterocycles. The van der Waals surface area contributed by atoms with Crippen LogP contribution in [0.15, 0.2) is 42.5 Å². The van der Waals surface area contributed by atoms with Crippen molar-refractivity contribution in [1.29, 1.82) is 0 Å². The first kappa shape index (κ1) is 23.2. The van der Waals surface area contributed by atoms with E-state index in [1.54, 1.807) is 0 Å². The zero-order valence-corrected chi connectivity index (χ0v) is 19.1. The zero-order valence-electron chi connectivity index (χ0n) is 18.3. The quantitative estimate of drug-likeness (QED) is 0.478. The van der Waals surface area contributed by atoms with Gasteiger partial charge in [-0.2, -0.15) is 0 Å². The molecule has 0 radical (unpaired) electrons. The maximum Gasteiger partial charge on any atom is 0.323 e. The van der Waals surface area contributed by atoms with Gasteiger partial charge in [-0.3, -0.25) is 9.59 Å². The number of carbonyl (C=O) groups excluding carboxylic acids is 1. The number of carboxylic acid groups (broad SMARTS) is 1. The molecule has 8 heteroatoms. The molecular weight excluding hydrogens is 445 g/mol.